The van der Waals surface area contributed by atoms with E-state index in [0.29, 0.717) is 30.0 Å². The van der Waals surface area contributed by atoms with Gasteiger partial charge in [-0.1, -0.05) is 17.6 Å². The third-order valence-corrected chi connectivity index (χ3v) is 6.48. The van der Waals surface area contributed by atoms with Crippen molar-refractivity contribution in [3.8, 4) is 22.8 Å². The molecule has 6 nitrogen and oxygen atoms in total. The maximum absolute atomic E-state index is 13.3. The van der Waals surface area contributed by atoms with Crippen molar-refractivity contribution in [2.75, 3.05) is 13.1 Å². The first-order valence-electron chi connectivity index (χ1n) is 8.74. The molecule has 4 rings (SSSR count). The van der Waals surface area contributed by atoms with E-state index in [2.05, 4.69) is 10.1 Å². The molecule has 0 spiro atoms. The number of benzene rings is 2. The van der Waals surface area contributed by atoms with Crippen LogP contribution < -0.4 is 0 Å². The average Bonchev–Trinajstić information content (AvgIpc) is 3.19. The van der Waals surface area contributed by atoms with Gasteiger partial charge in [0.1, 0.15) is 5.82 Å². The maximum Gasteiger partial charge on any atom is 0.258 e. The third kappa shape index (κ3) is 3.63. The van der Waals surface area contributed by atoms with Crippen molar-refractivity contribution in [3.05, 3.63) is 54.3 Å². The molecule has 0 unspecified atom stereocenters. The third-order valence-electron chi connectivity index (χ3n) is 4.56. The minimum absolute atomic E-state index is 0.203. The van der Waals surface area contributed by atoms with E-state index in [9.17, 15) is 12.8 Å². The van der Waals surface area contributed by atoms with E-state index in [4.69, 9.17) is 4.52 Å². The average molecular weight is 387 g/mol. The number of nitrogens with zero attached hydrogens (tertiary/aromatic N) is 3. The molecule has 1 aliphatic rings. The number of aromatic nitrogens is 2. The second-order valence-electron chi connectivity index (χ2n) is 6.42. The smallest absolute Gasteiger partial charge is 0.258 e. The Bertz CT molecular complexity index is 1040. The highest BCUT2D eigenvalue weighted by molar-refractivity contribution is 7.89. The summed E-state index contributed by atoms with van der Waals surface area (Å²) in [5, 5.41) is 3.91. The van der Waals surface area contributed by atoms with Gasteiger partial charge in [-0.2, -0.15) is 9.29 Å². The van der Waals surface area contributed by atoms with Crippen molar-refractivity contribution in [1.29, 1.82) is 0 Å². The Labute approximate surface area is 156 Å². The molecule has 1 saturated heterocycles. The van der Waals surface area contributed by atoms with Crippen molar-refractivity contribution >= 4 is 10.0 Å². The van der Waals surface area contributed by atoms with Gasteiger partial charge in [-0.25, -0.2) is 12.8 Å². The summed E-state index contributed by atoms with van der Waals surface area (Å²) in [4.78, 5) is 4.52. The summed E-state index contributed by atoms with van der Waals surface area (Å²) in [7, 11) is -3.48. The Hall–Kier alpha value is -2.58. The van der Waals surface area contributed by atoms with Crippen LogP contribution in [0.1, 0.15) is 19.3 Å². The summed E-state index contributed by atoms with van der Waals surface area (Å²) < 4.78 is 45.5. The first kappa shape index (κ1) is 17.8. The fourth-order valence-corrected chi connectivity index (χ4v) is 4.63. The molecule has 0 bridgehead atoms. The zero-order valence-corrected chi connectivity index (χ0v) is 15.3. The Morgan fingerprint density at radius 3 is 2.41 bits per heavy atom. The Balaban J connectivity index is 1.58. The maximum atomic E-state index is 13.3. The summed E-state index contributed by atoms with van der Waals surface area (Å²) in [6.07, 6.45) is 2.85. The molecule has 0 atom stereocenters. The van der Waals surface area contributed by atoms with Crippen LogP contribution in [0.15, 0.2) is 57.9 Å². The van der Waals surface area contributed by atoms with Crippen LogP contribution in [0.4, 0.5) is 4.39 Å². The van der Waals surface area contributed by atoms with Crippen LogP contribution in [0.5, 0.6) is 0 Å². The zero-order chi connectivity index (χ0) is 18.9. The first-order valence-corrected chi connectivity index (χ1v) is 10.2. The predicted molar refractivity (Wildman–Crippen MR) is 97.7 cm³/mol. The van der Waals surface area contributed by atoms with Crippen LogP contribution in [-0.2, 0) is 10.0 Å². The van der Waals surface area contributed by atoms with Crippen molar-refractivity contribution < 1.29 is 17.3 Å². The highest BCUT2D eigenvalue weighted by Gasteiger charge is 2.25. The van der Waals surface area contributed by atoms with Gasteiger partial charge in [-0.05, 0) is 55.3 Å². The molecule has 1 fully saturated rings. The first-order chi connectivity index (χ1) is 13.0. The van der Waals surface area contributed by atoms with Gasteiger partial charge in [0, 0.05) is 24.2 Å². The minimum Gasteiger partial charge on any atom is -0.334 e. The number of hydrogen-bond acceptors (Lipinski definition) is 5. The molecule has 1 aliphatic heterocycles. The predicted octanol–water partition coefficient (Wildman–Crippen LogP) is 3.72. The van der Waals surface area contributed by atoms with Crippen LogP contribution in [0, 0.1) is 5.82 Å². The van der Waals surface area contributed by atoms with Crippen molar-refractivity contribution in [2.45, 2.75) is 24.2 Å². The molecule has 3 aromatic rings. The van der Waals surface area contributed by atoms with Gasteiger partial charge in [0.25, 0.3) is 5.89 Å². The molecular formula is C19H18FN3O3S. The van der Waals surface area contributed by atoms with E-state index in [1.807, 2.05) is 0 Å². The molecule has 0 N–H and O–H groups in total. The quantitative estimate of drug-likeness (QED) is 0.682. The summed E-state index contributed by atoms with van der Waals surface area (Å²) >= 11 is 0. The molecule has 1 aromatic heterocycles. The summed E-state index contributed by atoms with van der Waals surface area (Å²) in [6, 6.07) is 12.3. The van der Waals surface area contributed by atoms with Crippen LogP contribution in [0.2, 0.25) is 0 Å². The number of halogens is 1. The Morgan fingerprint density at radius 2 is 1.70 bits per heavy atom. The van der Waals surface area contributed by atoms with Crippen molar-refractivity contribution in [3.63, 3.8) is 0 Å². The van der Waals surface area contributed by atoms with E-state index in [-0.39, 0.29) is 16.6 Å². The van der Waals surface area contributed by atoms with Crippen molar-refractivity contribution in [1.82, 2.24) is 14.4 Å². The molecule has 140 valence electrons. The molecule has 8 heteroatoms. The van der Waals surface area contributed by atoms with E-state index in [0.717, 1.165) is 19.3 Å². The summed E-state index contributed by atoms with van der Waals surface area (Å²) in [5.74, 6) is 0.130. The van der Waals surface area contributed by atoms with E-state index in [1.165, 1.54) is 16.4 Å². The lowest BCUT2D eigenvalue weighted by atomic mass is 10.2. The number of hydrogen-bond donors (Lipinski definition) is 0. The molecule has 0 saturated carbocycles. The fraction of sp³-hybridized carbons (Fsp3) is 0.263. The summed E-state index contributed by atoms with van der Waals surface area (Å²) in [6.45, 7) is 1.12. The molecule has 0 radical (unpaired) electrons. The van der Waals surface area contributed by atoms with E-state index in [1.54, 1.807) is 36.4 Å². The van der Waals surface area contributed by atoms with Crippen molar-refractivity contribution in [2.24, 2.45) is 0 Å². The topological polar surface area (TPSA) is 76.3 Å². The van der Waals surface area contributed by atoms with Gasteiger partial charge in [0.15, 0.2) is 0 Å². The standard InChI is InChI=1S/C19H18FN3O3S/c20-16-6-4-5-15(13-16)19-21-18(22-26-19)14-7-9-17(10-8-14)27(24,25)23-11-2-1-3-12-23/h4-10,13H,1-3,11-12H2. The van der Waals surface area contributed by atoms with Crippen LogP contribution in [0.25, 0.3) is 22.8 Å². The molecular weight excluding hydrogens is 369 g/mol. The van der Waals surface area contributed by atoms with E-state index < -0.39 is 10.0 Å². The highest BCUT2D eigenvalue weighted by atomic mass is 32.2. The zero-order valence-electron chi connectivity index (χ0n) is 14.5. The lowest BCUT2D eigenvalue weighted by molar-refractivity contribution is 0.346. The number of rotatable bonds is 4. The minimum atomic E-state index is -3.48. The highest BCUT2D eigenvalue weighted by Crippen LogP contribution is 2.25. The lowest BCUT2D eigenvalue weighted by Crippen LogP contribution is -2.35. The van der Waals surface area contributed by atoms with E-state index >= 15 is 0 Å². The van der Waals surface area contributed by atoms with Crippen LogP contribution in [0.3, 0.4) is 0 Å². The lowest BCUT2D eigenvalue weighted by Gasteiger charge is -2.25. The van der Waals surface area contributed by atoms with Crippen LogP contribution in [-0.4, -0.2) is 36.0 Å². The van der Waals surface area contributed by atoms with Gasteiger partial charge in [0.05, 0.1) is 4.90 Å². The van der Waals surface area contributed by atoms with Gasteiger partial charge in [-0.15, -0.1) is 0 Å². The molecule has 27 heavy (non-hydrogen) atoms. The molecule has 0 aliphatic carbocycles. The monoisotopic (exact) mass is 387 g/mol. The largest absolute Gasteiger partial charge is 0.334 e. The Morgan fingerprint density at radius 1 is 0.963 bits per heavy atom. The molecule has 0 amide bonds. The van der Waals surface area contributed by atoms with Gasteiger partial charge < -0.3 is 4.52 Å². The fourth-order valence-electron chi connectivity index (χ4n) is 3.11. The van der Waals surface area contributed by atoms with Gasteiger partial charge in [-0.3, -0.25) is 0 Å². The van der Waals surface area contributed by atoms with Crippen LogP contribution >= 0.6 is 0 Å². The second kappa shape index (κ2) is 7.21. The van der Waals surface area contributed by atoms with Gasteiger partial charge in [0.2, 0.25) is 15.8 Å². The Kier molecular flexibility index (Phi) is 4.75. The van der Waals surface area contributed by atoms with Gasteiger partial charge >= 0.3 is 0 Å². The SMILES string of the molecule is O=S(=O)(c1ccc(-c2noc(-c3cccc(F)c3)n2)cc1)N1CCCCC1. The number of sulfonamides is 1. The summed E-state index contributed by atoms with van der Waals surface area (Å²) in [5.41, 5.74) is 1.11. The normalized spacial score (nSPS) is 15.7. The molecule has 2 heterocycles. The number of piperidine rings is 1. The molecule has 2 aromatic carbocycles. The second-order valence-corrected chi connectivity index (χ2v) is 8.36.